The van der Waals surface area contributed by atoms with Crippen LogP contribution < -0.4 is 10.6 Å². The van der Waals surface area contributed by atoms with E-state index in [9.17, 15) is 14.9 Å². The van der Waals surface area contributed by atoms with E-state index in [-0.39, 0.29) is 11.8 Å². The molecule has 4 aromatic rings. The van der Waals surface area contributed by atoms with Gasteiger partial charge in [-0.3, -0.25) is 14.2 Å². The quantitative estimate of drug-likeness (QED) is 0.213. The Bertz CT molecular complexity index is 1610. The standard InChI is InChI=1S/C32H33N5O3/c1-6-30(38)36(5)26-12-8-10-23(15-26)25-16-27-28(24-11-7-9-22(14-24)17-33)19-37(31(27)35-18-25)21(4)40-32(39)29(34)13-20(2)3/h6-12,14-16,18-21,29H,1,13,34H2,2-5H3/t21?,29-/m0/s1. The minimum atomic E-state index is -0.714. The molecule has 2 aromatic heterocycles. The second kappa shape index (κ2) is 12.0. The average Bonchev–Trinajstić information content (AvgIpc) is 3.35. The third kappa shape index (κ3) is 5.95. The lowest BCUT2D eigenvalue weighted by molar-refractivity contribution is -0.154. The number of benzene rings is 2. The van der Waals surface area contributed by atoms with Crippen LogP contribution in [0.25, 0.3) is 33.3 Å². The van der Waals surface area contributed by atoms with Gasteiger partial charge in [-0.1, -0.05) is 44.7 Å². The smallest absolute Gasteiger partial charge is 0.324 e. The first-order valence-corrected chi connectivity index (χ1v) is 13.1. The van der Waals surface area contributed by atoms with Crippen molar-refractivity contribution in [2.45, 2.75) is 39.5 Å². The molecule has 1 amide bonds. The Labute approximate surface area is 234 Å². The molecule has 0 aliphatic heterocycles. The van der Waals surface area contributed by atoms with E-state index in [4.69, 9.17) is 15.5 Å². The van der Waals surface area contributed by atoms with Crippen LogP contribution in [0.5, 0.6) is 0 Å². The van der Waals surface area contributed by atoms with Crippen LogP contribution in [-0.2, 0) is 14.3 Å². The Kier molecular flexibility index (Phi) is 8.46. The van der Waals surface area contributed by atoms with Crippen LogP contribution in [0.15, 0.2) is 79.6 Å². The van der Waals surface area contributed by atoms with Crippen LogP contribution in [0.2, 0.25) is 0 Å². The summed E-state index contributed by atoms with van der Waals surface area (Å²) in [5.74, 6) is -0.417. The van der Waals surface area contributed by atoms with Crippen molar-refractivity contribution in [3.63, 3.8) is 0 Å². The zero-order valence-electron chi connectivity index (χ0n) is 23.2. The van der Waals surface area contributed by atoms with Crippen molar-refractivity contribution in [1.82, 2.24) is 9.55 Å². The lowest BCUT2D eigenvalue weighted by Gasteiger charge is -2.19. The van der Waals surface area contributed by atoms with E-state index < -0.39 is 18.2 Å². The van der Waals surface area contributed by atoms with Crippen molar-refractivity contribution >= 4 is 28.6 Å². The first kappa shape index (κ1) is 28.3. The van der Waals surface area contributed by atoms with Crippen LogP contribution in [0.3, 0.4) is 0 Å². The summed E-state index contributed by atoms with van der Waals surface area (Å²) >= 11 is 0. The highest BCUT2D eigenvalue weighted by atomic mass is 16.6. The third-order valence-electron chi connectivity index (χ3n) is 6.75. The summed E-state index contributed by atoms with van der Waals surface area (Å²) in [5.41, 5.74) is 11.3. The molecule has 2 heterocycles. The van der Waals surface area contributed by atoms with Gasteiger partial charge >= 0.3 is 5.97 Å². The lowest BCUT2D eigenvalue weighted by atomic mass is 10.0. The number of likely N-dealkylation sites (N-methyl/N-ethyl adjacent to an activating group) is 1. The van der Waals surface area contributed by atoms with Crippen LogP contribution >= 0.6 is 0 Å². The number of ether oxygens (including phenoxy) is 1. The van der Waals surface area contributed by atoms with Crippen molar-refractivity contribution in [2.24, 2.45) is 11.7 Å². The monoisotopic (exact) mass is 535 g/mol. The van der Waals surface area contributed by atoms with Gasteiger partial charge < -0.3 is 15.4 Å². The molecule has 2 N–H and O–H groups in total. The van der Waals surface area contributed by atoms with Crippen molar-refractivity contribution < 1.29 is 14.3 Å². The number of carbonyl (C=O) groups is 2. The number of rotatable bonds is 9. The van der Waals surface area contributed by atoms with Gasteiger partial charge in [-0.2, -0.15) is 5.26 Å². The summed E-state index contributed by atoms with van der Waals surface area (Å²) in [4.78, 5) is 31.2. The second-order valence-electron chi connectivity index (χ2n) is 10.2. The van der Waals surface area contributed by atoms with Gasteiger partial charge in [0.15, 0.2) is 6.23 Å². The molecule has 1 unspecified atom stereocenters. The molecule has 4 rings (SSSR count). The molecular weight excluding hydrogens is 502 g/mol. The van der Waals surface area contributed by atoms with Gasteiger partial charge in [0.1, 0.15) is 11.7 Å². The summed E-state index contributed by atoms with van der Waals surface area (Å²) in [6, 6.07) is 18.4. The van der Waals surface area contributed by atoms with Crippen LogP contribution in [0.1, 0.15) is 39.0 Å². The number of nitrogens with two attached hydrogens (primary N) is 1. The second-order valence-corrected chi connectivity index (χ2v) is 10.2. The first-order valence-electron chi connectivity index (χ1n) is 13.1. The molecule has 0 aliphatic rings. The molecule has 8 nitrogen and oxygen atoms in total. The molecule has 40 heavy (non-hydrogen) atoms. The zero-order chi connectivity index (χ0) is 29.0. The van der Waals surface area contributed by atoms with Gasteiger partial charge in [-0.25, -0.2) is 4.98 Å². The number of hydrogen-bond acceptors (Lipinski definition) is 6. The van der Waals surface area contributed by atoms with Crippen LogP contribution in [0, 0.1) is 17.2 Å². The number of amides is 1. The number of anilines is 1. The van der Waals surface area contributed by atoms with Crippen molar-refractivity contribution in [3.05, 3.63) is 85.2 Å². The van der Waals surface area contributed by atoms with Crippen molar-refractivity contribution in [1.29, 1.82) is 5.26 Å². The molecule has 2 aromatic carbocycles. The van der Waals surface area contributed by atoms with Gasteiger partial charge in [0, 0.05) is 41.6 Å². The molecule has 0 aliphatic carbocycles. The summed E-state index contributed by atoms with van der Waals surface area (Å²) < 4.78 is 7.56. The van der Waals surface area contributed by atoms with Gasteiger partial charge in [0.2, 0.25) is 5.91 Å². The van der Waals surface area contributed by atoms with E-state index in [1.807, 2.05) is 68.6 Å². The Morgan fingerprint density at radius 1 is 1.12 bits per heavy atom. The average molecular weight is 536 g/mol. The van der Waals surface area contributed by atoms with E-state index in [1.54, 1.807) is 30.8 Å². The molecule has 0 saturated carbocycles. The number of nitrogens with zero attached hydrogens (tertiary/aromatic N) is 4. The highest BCUT2D eigenvalue weighted by molar-refractivity contribution is 6.01. The topological polar surface area (TPSA) is 114 Å². The fourth-order valence-electron chi connectivity index (χ4n) is 4.63. The SMILES string of the molecule is C=CC(=O)N(C)c1cccc(-c2cnc3c(c2)c(-c2cccc(C#N)c2)cn3C(C)OC(=O)[C@@H](N)CC(C)C)c1. The van der Waals surface area contributed by atoms with Crippen molar-refractivity contribution in [3.8, 4) is 28.3 Å². The van der Waals surface area contributed by atoms with E-state index in [0.717, 1.165) is 33.3 Å². The van der Waals surface area contributed by atoms with Crippen LogP contribution in [0.4, 0.5) is 5.69 Å². The van der Waals surface area contributed by atoms with E-state index >= 15 is 0 Å². The minimum absolute atomic E-state index is 0.209. The number of pyridine rings is 1. The van der Waals surface area contributed by atoms with Crippen LogP contribution in [-0.4, -0.2) is 34.5 Å². The fraction of sp³-hybridized carbons (Fsp3) is 0.250. The number of esters is 1. The molecule has 8 heteroatoms. The van der Waals surface area contributed by atoms with E-state index in [2.05, 4.69) is 12.6 Å². The lowest BCUT2D eigenvalue weighted by Crippen LogP contribution is -2.34. The van der Waals surface area contributed by atoms with E-state index in [0.29, 0.717) is 17.6 Å². The predicted octanol–water partition coefficient (Wildman–Crippen LogP) is 5.83. The van der Waals surface area contributed by atoms with E-state index in [1.165, 1.54) is 11.0 Å². The minimum Gasteiger partial charge on any atom is -0.440 e. The summed E-state index contributed by atoms with van der Waals surface area (Å²) in [6.07, 6.45) is 4.77. The Morgan fingerprint density at radius 3 is 2.55 bits per heavy atom. The molecule has 2 atom stereocenters. The molecule has 0 saturated heterocycles. The normalized spacial score (nSPS) is 12.5. The number of hydrogen-bond donors (Lipinski definition) is 1. The predicted molar refractivity (Wildman–Crippen MR) is 157 cm³/mol. The van der Waals surface area contributed by atoms with Gasteiger partial charge in [0.05, 0.1) is 11.6 Å². The maximum absolute atomic E-state index is 12.7. The largest absolute Gasteiger partial charge is 0.440 e. The maximum atomic E-state index is 12.7. The maximum Gasteiger partial charge on any atom is 0.324 e. The van der Waals surface area contributed by atoms with Gasteiger partial charge in [-0.05, 0) is 66.8 Å². The fourth-order valence-corrected chi connectivity index (χ4v) is 4.63. The third-order valence-corrected chi connectivity index (χ3v) is 6.75. The molecule has 0 fully saturated rings. The number of nitriles is 1. The number of aromatic nitrogens is 2. The van der Waals surface area contributed by atoms with Gasteiger partial charge in [-0.15, -0.1) is 0 Å². The molecule has 0 bridgehead atoms. The molecule has 204 valence electrons. The highest BCUT2D eigenvalue weighted by Gasteiger charge is 2.23. The Balaban J connectivity index is 1.81. The molecule has 0 spiro atoms. The van der Waals surface area contributed by atoms with Crippen molar-refractivity contribution in [2.75, 3.05) is 11.9 Å². The zero-order valence-corrected chi connectivity index (χ0v) is 23.2. The Hall–Kier alpha value is -4.74. The Morgan fingerprint density at radius 2 is 1.85 bits per heavy atom. The first-order chi connectivity index (χ1) is 19.1. The van der Waals surface area contributed by atoms with Gasteiger partial charge in [0.25, 0.3) is 0 Å². The molecular formula is C32H33N5O3. The number of fused-ring (bicyclic) bond motifs is 1. The summed E-state index contributed by atoms with van der Waals surface area (Å²) in [5, 5.41) is 10.3. The summed E-state index contributed by atoms with van der Waals surface area (Å²) in [7, 11) is 1.70. The number of carbonyl (C=O) groups excluding carboxylic acids is 2. The molecule has 0 radical (unpaired) electrons. The highest BCUT2D eigenvalue weighted by Crippen LogP contribution is 2.35. The summed E-state index contributed by atoms with van der Waals surface area (Å²) in [6.45, 7) is 9.35.